The molecule has 1 amide bonds. The van der Waals surface area contributed by atoms with Gasteiger partial charge in [-0.15, -0.1) is 0 Å². The lowest BCUT2D eigenvalue weighted by atomic mass is 10.1. The molecule has 1 unspecified atom stereocenters. The third-order valence-corrected chi connectivity index (χ3v) is 2.61. The molecule has 0 aromatic carbocycles. The predicted molar refractivity (Wildman–Crippen MR) is 65.9 cm³/mol. The van der Waals surface area contributed by atoms with Crippen LogP contribution in [-0.4, -0.2) is 48.3 Å². The van der Waals surface area contributed by atoms with Crippen molar-refractivity contribution in [2.24, 2.45) is 11.7 Å². The van der Waals surface area contributed by atoms with Gasteiger partial charge in [0.1, 0.15) is 5.60 Å². The molecule has 0 aromatic rings. The predicted octanol–water partition coefficient (Wildman–Crippen LogP) is 0.744. The summed E-state index contributed by atoms with van der Waals surface area (Å²) < 4.78 is 10.2. The monoisotopic (exact) mass is 258 g/mol. The molecule has 1 aliphatic rings. The van der Waals surface area contributed by atoms with Gasteiger partial charge in [-0.05, 0) is 27.7 Å². The van der Waals surface area contributed by atoms with Gasteiger partial charge in [-0.3, -0.25) is 4.79 Å². The molecule has 0 bridgehead atoms. The Bertz CT molecular complexity index is 325. The molecule has 1 fully saturated rings. The van der Waals surface area contributed by atoms with Crippen LogP contribution in [0.5, 0.6) is 0 Å². The van der Waals surface area contributed by atoms with Crippen molar-refractivity contribution in [2.45, 2.75) is 39.3 Å². The van der Waals surface area contributed by atoms with Gasteiger partial charge in [0.2, 0.25) is 0 Å². The highest BCUT2D eigenvalue weighted by Crippen LogP contribution is 2.20. The Morgan fingerprint density at radius 2 is 1.94 bits per heavy atom. The summed E-state index contributed by atoms with van der Waals surface area (Å²) in [6.07, 6.45) is -0.440. The molecule has 6 nitrogen and oxygen atoms in total. The largest absolute Gasteiger partial charge is 0.466 e. The van der Waals surface area contributed by atoms with Gasteiger partial charge in [0.25, 0.3) is 0 Å². The normalized spacial score (nSPS) is 23.9. The fourth-order valence-electron chi connectivity index (χ4n) is 1.80. The summed E-state index contributed by atoms with van der Waals surface area (Å²) in [6, 6.07) is -0.392. The Morgan fingerprint density at radius 1 is 1.33 bits per heavy atom. The number of rotatable bonds is 2. The number of carbonyl (C=O) groups excluding carboxylic acids is 2. The van der Waals surface area contributed by atoms with Gasteiger partial charge in [0.05, 0.1) is 12.5 Å². The minimum absolute atomic E-state index is 0.259. The molecule has 0 spiro atoms. The van der Waals surface area contributed by atoms with E-state index >= 15 is 0 Å². The lowest BCUT2D eigenvalue weighted by molar-refractivity contribution is -0.147. The highest BCUT2D eigenvalue weighted by atomic mass is 16.6. The second-order valence-electron chi connectivity index (χ2n) is 5.41. The molecule has 1 rings (SSSR count). The van der Waals surface area contributed by atoms with Crippen molar-refractivity contribution in [3.05, 3.63) is 0 Å². The first-order chi connectivity index (χ1) is 8.24. The Balaban J connectivity index is 2.58. The van der Waals surface area contributed by atoms with Gasteiger partial charge >= 0.3 is 12.1 Å². The topological polar surface area (TPSA) is 81.9 Å². The number of hydrogen-bond donors (Lipinski definition) is 1. The van der Waals surface area contributed by atoms with Crippen LogP contribution in [0.1, 0.15) is 27.7 Å². The zero-order valence-corrected chi connectivity index (χ0v) is 11.4. The molecule has 104 valence electrons. The number of ether oxygens (including phenoxy) is 2. The number of nitrogens with zero attached hydrogens (tertiary/aromatic N) is 1. The van der Waals surface area contributed by atoms with E-state index in [1.807, 2.05) is 0 Å². The number of hydrogen-bond acceptors (Lipinski definition) is 5. The summed E-state index contributed by atoms with van der Waals surface area (Å²) in [5.41, 5.74) is 5.30. The third-order valence-electron chi connectivity index (χ3n) is 2.61. The molecule has 2 N–H and O–H groups in total. The fraction of sp³-hybridized carbons (Fsp3) is 0.833. The van der Waals surface area contributed by atoms with Gasteiger partial charge in [-0.2, -0.15) is 0 Å². The van der Waals surface area contributed by atoms with E-state index in [1.165, 1.54) is 4.90 Å². The number of likely N-dealkylation sites (tertiary alicyclic amines) is 1. The molecular weight excluding hydrogens is 236 g/mol. The van der Waals surface area contributed by atoms with Crippen LogP contribution in [0.3, 0.4) is 0 Å². The fourth-order valence-corrected chi connectivity index (χ4v) is 1.80. The molecule has 0 radical (unpaired) electrons. The zero-order valence-electron chi connectivity index (χ0n) is 11.4. The van der Waals surface area contributed by atoms with Gasteiger partial charge < -0.3 is 20.1 Å². The lowest BCUT2D eigenvalue weighted by Gasteiger charge is -2.24. The van der Waals surface area contributed by atoms with E-state index in [0.29, 0.717) is 13.2 Å². The molecule has 18 heavy (non-hydrogen) atoms. The lowest BCUT2D eigenvalue weighted by Crippen LogP contribution is -2.36. The van der Waals surface area contributed by atoms with Crippen LogP contribution in [-0.2, 0) is 14.3 Å². The Kier molecular flexibility index (Phi) is 4.56. The van der Waals surface area contributed by atoms with E-state index in [1.54, 1.807) is 27.7 Å². The summed E-state index contributed by atoms with van der Waals surface area (Å²) in [7, 11) is 0. The van der Waals surface area contributed by atoms with E-state index in [2.05, 4.69) is 0 Å². The van der Waals surface area contributed by atoms with Crippen molar-refractivity contribution in [1.29, 1.82) is 0 Å². The second-order valence-corrected chi connectivity index (χ2v) is 5.41. The van der Waals surface area contributed by atoms with E-state index in [0.717, 1.165) is 0 Å². The van der Waals surface area contributed by atoms with Crippen LogP contribution in [0, 0.1) is 5.92 Å². The van der Waals surface area contributed by atoms with Gasteiger partial charge in [0.15, 0.2) is 0 Å². The minimum atomic E-state index is -0.552. The average molecular weight is 258 g/mol. The highest BCUT2D eigenvalue weighted by Gasteiger charge is 2.39. The van der Waals surface area contributed by atoms with Gasteiger partial charge in [-0.25, -0.2) is 4.79 Å². The van der Waals surface area contributed by atoms with Crippen molar-refractivity contribution in [3.8, 4) is 0 Å². The molecule has 0 aromatic heterocycles. The van der Waals surface area contributed by atoms with Gasteiger partial charge in [-0.1, -0.05) is 0 Å². The Labute approximate surface area is 107 Å². The van der Waals surface area contributed by atoms with Crippen LogP contribution in [0.4, 0.5) is 4.79 Å². The smallest absolute Gasteiger partial charge is 0.410 e. The number of amides is 1. The van der Waals surface area contributed by atoms with E-state index in [9.17, 15) is 9.59 Å². The van der Waals surface area contributed by atoms with Crippen LogP contribution in [0.25, 0.3) is 0 Å². The van der Waals surface area contributed by atoms with Crippen molar-refractivity contribution in [1.82, 2.24) is 4.90 Å². The van der Waals surface area contributed by atoms with E-state index in [-0.39, 0.29) is 12.5 Å². The third kappa shape index (κ3) is 3.87. The summed E-state index contributed by atoms with van der Waals surface area (Å²) in [6.45, 7) is 8.02. The van der Waals surface area contributed by atoms with Gasteiger partial charge in [0, 0.05) is 19.1 Å². The Morgan fingerprint density at radius 3 is 2.44 bits per heavy atom. The standard InChI is InChI=1S/C12H22N2O4/c1-5-17-10(15)8-6-14(7-9(8)13)11(16)18-12(2,3)4/h8-9H,5-7,13H2,1-4H3/t8?,9-/m0/s1. The number of nitrogens with two attached hydrogens (primary N) is 1. The number of esters is 1. The second kappa shape index (κ2) is 5.56. The summed E-state index contributed by atoms with van der Waals surface area (Å²) >= 11 is 0. The first-order valence-corrected chi connectivity index (χ1v) is 6.14. The quantitative estimate of drug-likeness (QED) is 0.739. The van der Waals surface area contributed by atoms with Crippen molar-refractivity contribution < 1.29 is 19.1 Å². The first kappa shape index (κ1) is 14.8. The molecule has 1 heterocycles. The SMILES string of the molecule is CCOC(=O)C1CN(C(=O)OC(C)(C)C)C[C@@H]1N. The van der Waals surface area contributed by atoms with Crippen molar-refractivity contribution in [2.75, 3.05) is 19.7 Å². The maximum Gasteiger partial charge on any atom is 0.410 e. The number of carbonyl (C=O) groups is 2. The minimum Gasteiger partial charge on any atom is -0.466 e. The van der Waals surface area contributed by atoms with Crippen molar-refractivity contribution >= 4 is 12.1 Å². The van der Waals surface area contributed by atoms with Crippen LogP contribution >= 0.6 is 0 Å². The average Bonchev–Trinajstić information content (AvgIpc) is 2.58. The highest BCUT2D eigenvalue weighted by molar-refractivity contribution is 5.76. The first-order valence-electron chi connectivity index (χ1n) is 6.14. The summed E-state index contributed by atoms with van der Waals surface area (Å²) in [5.74, 6) is -0.812. The summed E-state index contributed by atoms with van der Waals surface area (Å²) in [4.78, 5) is 24.9. The maximum atomic E-state index is 11.8. The molecule has 2 atom stereocenters. The molecular formula is C12H22N2O4. The van der Waals surface area contributed by atoms with Crippen molar-refractivity contribution in [3.63, 3.8) is 0 Å². The molecule has 1 aliphatic heterocycles. The molecule has 0 saturated carbocycles. The molecule has 0 aliphatic carbocycles. The zero-order chi connectivity index (χ0) is 13.9. The van der Waals surface area contributed by atoms with Crippen LogP contribution in [0.2, 0.25) is 0 Å². The molecule has 6 heteroatoms. The van der Waals surface area contributed by atoms with E-state index in [4.69, 9.17) is 15.2 Å². The maximum absolute atomic E-state index is 11.8. The van der Waals surface area contributed by atoms with Crippen LogP contribution < -0.4 is 5.73 Å². The summed E-state index contributed by atoms with van der Waals surface area (Å²) in [5, 5.41) is 0. The van der Waals surface area contributed by atoms with E-state index < -0.39 is 23.7 Å². The molecule has 1 saturated heterocycles. The van der Waals surface area contributed by atoms with Crippen LogP contribution in [0.15, 0.2) is 0 Å². The Hall–Kier alpha value is -1.30.